The van der Waals surface area contributed by atoms with Crippen molar-refractivity contribution in [1.82, 2.24) is 9.80 Å². The van der Waals surface area contributed by atoms with Crippen molar-refractivity contribution in [2.75, 3.05) is 45.1 Å². The summed E-state index contributed by atoms with van der Waals surface area (Å²) in [5.74, 6) is 0.628. The maximum atomic E-state index is 12.1. The van der Waals surface area contributed by atoms with Gasteiger partial charge in [-0.15, -0.1) is 0 Å². The van der Waals surface area contributed by atoms with Crippen LogP contribution in [0.3, 0.4) is 0 Å². The monoisotopic (exact) mass is 310 g/mol. The van der Waals surface area contributed by atoms with Crippen LogP contribution in [-0.4, -0.2) is 65.2 Å². The summed E-state index contributed by atoms with van der Waals surface area (Å²) in [6.45, 7) is 5.99. The molecule has 116 valence electrons. The third-order valence-corrected chi connectivity index (χ3v) is 4.85. The summed E-state index contributed by atoms with van der Waals surface area (Å²) in [5.41, 5.74) is 0. The molecule has 0 N–H and O–H groups in total. The molecule has 5 nitrogen and oxygen atoms in total. The first kappa shape index (κ1) is 16.0. The van der Waals surface area contributed by atoms with Crippen LogP contribution in [0.4, 0.5) is 4.79 Å². The van der Waals surface area contributed by atoms with Gasteiger partial charge in [-0.1, -0.05) is 18.2 Å². The van der Waals surface area contributed by atoms with Crippen LogP contribution in [0.5, 0.6) is 0 Å². The van der Waals surface area contributed by atoms with Gasteiger partial charge in [-0.05, 0) is 19.1 Å². The van der Waals surface area contributed by atoms with Crippen LogP contribution >= 0.6 is 0 Å². The zero-order chi connectivity index (χ0) is 15.1. The Morgan fingerprint density at radius 1 is 1.19 bits per heavy atom. The second-order valence-electron chi connectivity index (χ2n) is 4.89. The molecule has 0 spiro atoms. The number of hydrogen-bond acceptors (Lipinski definition) is 4. The average molecular weight is 310 g/mol. The standard InChI is InChI=1S/C15H22N2O3S/c1-2-20-15(18)17-10-8-16(9-11-17)12-13-21(19)14-6-4-3-5-7-14/h3-7H,2,8-13H2,1H3/t21-/m0/s1. The maximum absolute atomic E-state index is 12.1. The molecule has 1 atom stereocenters. The Bertz CT molecular complexity index is 473. The third-order valence-electron chi connectivity index (χ3n) is 3.50. The lowest BCUT2D eigenvalue weighted by Gasteiger charge is -2.33. The molecule has 2 rings (SSSR count). The topological polar surface area (TPSA) is 49.9 Å². The summed E-state index contributed by atoms with van der Waals surface area (Å²) in [7, 11) is -0.953. The number of nitrogens with zero attached hydrogens (tertiary/aromatic N) is 2. The van der Waals surface area contributed by atoms with Crippen molar-refractivity contribution in [2.45, 2.75) is 11.8 Å². The number of carbonyl (C=O) groups excluding carboxylic acids is 1. The van der Waals surface area contributed by atoms with Crippen LogP contribution in [0, 0.1) is 0 Å². The van der Waals surface area contributed by atoms with Crippen LogP contribution in [0.15, 0.2) is 35.2 Å². The number of ether oxygens (including phenoxy) is 1. The zero-order valence-electron chi connectivity index (χ0n) is 12.4. The molecule has 21 heavy (non-hydrogen) atoms. The fourth-order valence-corrected chi connectivity index (χ4v) is 3.39. The number of rotatable bonds is 5. The van der Waals surface area contributed by atoms with E-state index in [4.69, 9.17) is 4.74 Å². The predicted octanol–water partition coefficient (Wildman–Crippen LogP) is 1.57. The van der Waals surface area contributed by atoms with Gasteiger partial charge in [0.2, 0.25) is 0 Å². The van der Waals surface area contributed by atoms with Gasteiger partial charge in [0.05, 0.1) is 17.4 Å². The van der Waals surface area contributed by atoms with E-state index < -0.39 is 10.8 Å². The summed E-state index contributed by atoms with van der Waals surface area (Å²) in [6, 6.07) is 9.54. The van der Waals surface area contributed by atoms with Crippen LogP contribution in [0.25, 0.3) is 0 Å². The predicted molar refractivity (Wildman–Crippen MR) is 82.8 cm³/mol. The molecule has 1 amide bonds. The molecule has 1 saturated heterocycles. The van der Waals surface area contributed by atoms with Gasteiger partial charge in [0.25, 0.3) is 0 Å². The Kier molecular flexibility index (Phi) is 6.20. The minimum Gasteiger partial charge on any atom is -0.450 e. The van der Waals surface area contributed by atoms with E-state index in [9.17, 15) is 9.00 Å². The molecule has 0 aliphatic carbocycles. The number of hydrogen-bond donors (Lipinski definition) is 0. The van der Waals surface area contributed by atoms with E-state index in [0.29, 0.717) is 25.4 Å². The Balaban J connectivity index is 1.72. The number of carbonyl (C=O) groups is 1. The fraction of sp³-hybridized carbons (Fsp3) is 0.533. The quantitative estimate of drug-likeness (QED) is 0.828. The molecule has 1 aromatic carbocycles. The van der Waals surface area contributed by atoms with Gasteiger partial charge in [-0.25, -0.2) is 4.79 Å². The molecule has 6 heteroatoms. The summed E-state index contributed by atoms with van der Waals surface area (Å²) in [6.07, 6.45) is -0.231. The van der Waals surface area contributed by atoms with E-state index in [0.717, 1.165) is 24.5 Å². The van der Waals surface area contributed by atoms with Crippen molar-refractivity contribution in [2.24, 2.45) is 0 Å². The van der Waals surface area contributed by atoms with E-state index in [1.54, 1.807) is 4.90 Å². The van der Waals surface area contributed by atoms with Crippen molar-refractivity contribution < 1.29 is 13.7 Å². The molecular weight excluding hydrogens is 288 g/mol. The number of amides is 1. The van der Waals surface area contributed by atoms with E-state index in [1.807, 2.05) is 37.3 Å². The number of piperazine rings is 1. The lowest BCUT2D eigenvalue weighted by Crippen LogP contribution is -2.49. The van der Waals surface area contributed by atoms with Crippen molar-refractivity contribution in [1.29, 1.82) is 0 Å². The van der Waals surface area contributed by atoms with Gasteiger partial charge in [-0.2, -0.15) is 0 Å². The van der Waals surface area contributed by atoms with Crippen LogP contribution < -0.4 is 0 Å². The van der Waals surface area contributed by atoms with Gasteiger partial charge < -0.3 is 9.64 Å². The maximum Gasteiger partial charge on any atom is 0.409 e. The highest BCUT2D eigenvalue weighted by molar-refractivity contribution is 7.85. The highest BCUT2D eigenvalue weighted by atomic mass is 32.2. The molecule has 0 unspecified atom stereocenters. The minimum atomic E-state index is -0.953. The first-order valence-corrected chi connectivity index (χ1v) is 8.60. The first-order valence-electron chi connectivity index (χ1n) is 7.28. The van der Waals surface area contributed by atoms with Crippen LogP contribution in [0.1, 0.15) is 6.92 Å². The molecule has 0 saturated carbocycles. The summed E-state index contributed by atoms with van der Waals surface area (Å²) < 4.78 is 17.1. The van der Waals surface area contributed by atoms with Crippen LogP contribution in [0.2, 0.25) is 0 Å². The Morgan fingerprint density at radius 2 is 1.86 bits per heavy atom. The van der Waals surface area contributed by atoms with Crippen molar-refractivity contribution in [3.8, 4) is 0 Å². The largest absolute Gasteiger partial charge is 0.450 e. The summed E-state index contributed by atoms with van der Waals surface area (Å²) in [4.78, 5) is 16.4. The summed E-state index contributed by atoms with van der Waals surface area (Å²) >= 11 is 0. The van der Waals surface area contributed by atoms with Crippen LogP contribution in [-0.2, 0) is 15.5 Å². The van der Waals surface area contributed by atoms with Crippen molar-refractivity contribution in [3.63, 3.8) is 0 Å². The van der Waals surface area contributed by atoms with Gasteiger partial charge in [-0.3, -0.25) is 9.11 Å². The second-order valence-corrected chi connectivity index (χ2v) is 6.46. The van der Waals surface area contributed by atoms with E-state index in [1.165, 1.54) is 0 Å². The highest BCUT2D eigenvalue weighted by Crippen LogP contribution is 2.08. The lowest BCUT2D eigenvalue weighted by atomic mass is 10.3. The normalized spacial score (nSPS) is 17.5. The molecule has 1 aliphatic rings. The van der Waals surface area contributed by atoms with E-state index in [-0.39, 0.29) is 6.09 Å². The second kappa shape index (κ2) is 8.14. The van der Waals surface area contributed by atoms with Gasteiger partial charge in [0, 0.05) is 43.4 Å². The van der Waals surface area contributed by atoms with Crippen molar-refractivity contribution >= 4 is 16.9 Å². The van der Waals surface area contributed by atoms with Gasteiger partial charge in [0.15, 0.2) is 0 Å². The SMILES string of the molecule is CCOC(=O)N1CCN(CC[S@](=O)c2ccccc2)CC1. The fourth-order valence-electron chi connectivity index (χ4n) is 2.27. The highest BCUT2D eigenvalue weighted by Gasteiger charge is 2.21. The van der Waals surface area contributed by atoms with E-state index >= 15 is 0 Å². The Morgan fingerprint density at radius 3 is 2.48 bits per heavy atom. The molecule has 1 fully saturated rings. The molecule has 0 bridgehead atoms. The van der Waals surface area contributed by atoms with Gasteiger partial charge >= 0.3 is 6.09 Å². The zero-order valence-corrected chi connectivity index (χ0v) is 13.2. The lowest BCUT2D eigenvalue weighted by molar-refractivity contribution is 0.0812. The molecule has 1 aromatic rings. The van der Waals surface area contributed by atoms with Crippen molar-refractivity contribution in [3.05, 3.63) is 30.3 Å². The summed E-state index contributed by atoms with van der Waals surface area (Å²) in [5, 5.41) is 0. The molecule has 1 aliphatic heterocycles. The minimum absolute atomic E-state index is 0.231. The number of benzene rings is 1. The average Bonchev–Trinajstić information content (AvgIpc) is 2.54. The first-order chi connectivity index (χ1) is 10.2. The van der Waals surface area contributed by atoms with E-state index in [2.05, 4.69) is 4.90 Å². The third kappa shape index (κ3) is 4.82. The Labute approximate surface area is 128 Å². The molecule has 0 radical (unpaired) electrons. The van der Waals surface area contributed by atoms with Gasteiger partial charge in [0.1, 0.15) is 0 Å². The smallest absolute Gasteiger partial charge is 0.409 e. The Hall–Kier alpha value is -1.40. The molecule has 1 heterocycles. The molecule has 0 aromatic heterocycles. The molecular formula is C15H22N2O3S.